The summed E-state index contributed by atoms with van der Waals surface area (Å²) in [6, 6.07) is 2.89. The van der Waals surface area contributed by atoms with Crippen LogP contribution in [0.5, 0.6) is 0 Å². The number of rotatable bonds is 6. The number of urea groups is 1. The fourth-order valence-electron chi connectivity index (χ4n) is 1.49. The van der Waals surface area contributed by atoms with Crippen molar-refractivity contribution in [2.24, 2.45) is 0 Å². The van der Waals surface area contributed by atoms with Gasteiger partial charge >= 0.3 is 6.03 Å². The van der Waals surface area contributed by atoms with Gasteiger partial charge in [-0.3, -0.25) is 10.1 Å². The minimum absolute atomic E-state index is 0.0901. The number of carbonyl (C=O) groups is 2. The number of aromatic nitrogens is 3. The maximum Gasteiger partial charge on any atom is 0.321 e. The highest BCUT2D eigenvalue weighted by molar-refractivity contribution is 7.99. The summed E-state index contributed by atoms with van der Waals surface area (Å²) in [4.78, 5) is 23.1. The lowest BCUT2D eigenvalue weighted by molar-refractivity contribution is -0.117. The van der Waals surface area contributed by atoms with E-state index in [4.69, 9.17) is 4.42 Å². The van der Waals surface area contributed by atoms with E-state index in [0.717, 1.165) is 6.54 Å². The average molecular weight is 309 g/mol. The lowest BCUT2D eigenvalue weighted by atomic mass is 10.4. The van der Waals surface area contributed by atoms with Crippen molar-refractivity contribution in [2.75, 3.05) is 5.75 Å². The minimum Gasteiger partial charge on any atom is -0.467 e. The van der Waals surface area contributed by atoms with Gasteiger partial charge in [0.25, 0.3) is 0 Å². The van der Waals surface area contributed by atoms with Crippen molar-refractivity contribution < 1.29 is 14.0 Å². The molecule has 9 heteroatoms. The topological polar surface area (TPSA) is 102 Å². The molecule has 0 fully saturated rings. The Hall–Kier alpha value is -2.29. The van der Waals surface area contributed by atoms with Gasteiger partial charge in [0.05, 0.1) is 18.6 Å². The van der Waals surface area contributed by atoms with Crippen molar-refractivity contribution in [2.45, 2.75) is 25.2 Å². The van der Waals surface area contributed by atoms with Gasteiger partial charge in [-0.2, -0.15) is 0 Å². The van der Waals surface area contributed by atoms with Crippen molar-refractivity contribution in [1.82, 2.24) is 25.4 Å². The molecule has 2 aromatic rings. The molecule has 2 aromatic heterocycles. The first-order chi connectivity index (χ1) is 10.2. The number of furan rings is 1. The van der Waals surface area contributed by atoms with E-state index in [1.807, 2.05) is 11.5 Å². The van der Waals surface area contributed by atoms with Crippen LogP contribution in [-0.2, 0) is 17.9 Å². The zero-order chi connectivity index (χ0) is 15.1. The predicted molar refractivity (Wildman–Crippen MR) is 75.5 cm³/mol. The first kappa shape index (κ1) is 15.1. The number of hydrogen-bond acceptors (Lipinski definition) is 6. The summed E-state index contributed by atoms with van der Waals surface area (Å²) < 4.78 is 6.88. The first-order valence-corrected chi connectivity index (χ1v) is 7.28. The number of nitrogens with zero attached hydrogens (tertiary/aromatic N) is 3. The first-order valence-electron chi connectivity index (χ1n) is 6.29. The molecule has 2 rings (SSSR count). The summed E-state index contributed by atoms with van der Waals surface area (Å²) in [5.74, 6) is 0.304. The van der Waals surface area contributed by atoms with Crippen molar-refractivity contribution in [3.63, 3.8) is 0 Å². The SMILES string of the molecule is CCn1cnnc1SCC(=O)NC(=O)NCc1ccco1. The molecule has 8 nitrogen and oxygen atoms in total. The van der Waals surface area contributed by atoms with E-state index in [2.05, 4.69) is 20.8 Å². The number of hydrogen-bond donors (Lipinski definition) is 2. The molecule has 0 atom stereocenters. The van der Waals surface area contributed by atoms with E-state index in [1.165, 1.54) is 18.0 Å². The molecule has 0 saturated heterocycles. The Bertz CT molecular complexity index is 596. The number of amides is 3. The Balaban J connectivity index is 1.70. The maximum atomic E-state index is 11.6. The second-order valence-corrected chi connectivity index (χ2v) is 4.94. The van der Waals surface area contributed by atoms with Crippen LogP contribution in [0.4, 0.5) is 4.79 Å². The quantitative estimate of drug-likeness (QED) is 0.772. The molecule has 0 bridgehead atoms. The van der Waals surface area contributed by atoms with Crippen LogP contribution in [0.3, 0.4) is 0 Å². The minimum atomic E-state index is -0.561. The van der Waals surface area contributed by atoms with Crippen molar-refractivity contribution in [3.8, 4) is 0 Å². The van der Waals surface area contributed by atoms with Crippen LogP contribution in [0, 0.1) is 0 Å². The highest BCUT2D eigenvalue weighted by atomic mass is 32.2. The van der Waals surface area contributed by atoms with Gasteiger partial charge in [0.1, 0.15) is 12.1 Å². The monoisotopic (exact) mass is 309 g/mol. The molecular weight excluding hydrogens is 294 g/mol. The van der Waals surface area contributed by atoms with E-state index < -0.39 is 11.9 Å². The Morgan fingerprint density at radius 2 is 2.33 bits per heavy atom. The lowest BCUT2D eigenvalue weighted by Crippen LogP contribution is -2.39. The summed E-state index contributed by atoms with van der Waals surface area (Å²) in [6.07, 6.45) is 3.11. The van der Waals surface area contributed by atoms with Crippen LogP contribution < -0.4 is 10.6 Å². The summed E-state index contributed by atoms with van der Waals surface area (Å²) in [6.45, 7) is 2.90. The zero-order valence-electron chi connectivity index (χ0n) is 11.4. The molecule has 0 saturated carbocycles. The van der Waals surface area contributed by atoms with Crippen LogP contribution >= 0.6 is 11.8 Å². The van der Waals surface area contributed by atoms with E-state index in [9.17, 15) is 9.59 Å². The number of aryl methyl sites for hydroxylation is 1. The smallest absolute Gasteiger partial charge is 0.321 e. The summed E-state index contributed by atoms with van der Waals surface area (Å²) >= 11 is 1.22. The molecule has 0 unspecified atom stereocenters. The standard InChI is InChI=1S/C12H15N5O3S/c1-2-17-8-14-16-12(17)21-7-10(18)15-11(19)13-6-9-4-3-5-20-9/h3-5,8H,2,6-7H2,1H3,(H2,13,15,18,19). The molecule has 21 heavy (non-hydrogen) atoms. The molecule has 0 aliphatic carbocycles. The molecular formula is C12H15N5O3S. The Kier molecular flexibility index (Phi) is 5.38. The number of imide groups is 1. The molecule has 0 aliphatic rings. The molecule has 112 valence electrons. The van der Waals surface area contributed by atoms with Crippen LogP contribution in [0.25, 0.3) is 0 Å². The third-order valence-electron chi connectivity index (χ3n) is 2.51. The van der Waals surface area contributed by atoms with Gasteiger partial charge in [0.15, 0.2) is 5.16 Å². The second-order valence-electron chi connectivity index (χ2n) is 4.00. The van der Waals surface area contributed by atoms with E-state index in [1.54, 1.807) is 18.5 Å². The predicted octanol–water partition coefficient (Wildman–Crippen LogP) is 1.01. The van der Waals surface area contributed by atoms with Gasteiger partial charge in [-0.15, -0.1) is 10.2 Å². The average Bonchev–Trinajstić information content (AvgIpc) is 3.13. The number of nitrogens with one attached hydrogen (secondary N) is 2. The van der Waals surface area contributed by atoms with Gasteiger partial charge in [-0.25, -0.2) is 4.79 Å². The Morgan fingerprint density at radius 1 is 1.48 bits per heavy atom. The second kappa shape index (κ2) is 7.48. The fraction of sp³-hybridized carbons (Fsp3) is 0.333. The zero-order valence-corrected chi connectivity index (χ0v) is 12.2. The number of carbonyl (C=O) groups excluding carboxylic acids is 2. The lowest BCUT2D eigenvalue weighted by Gasteiger charge is -2.05. The largest absolute Gasteiger partial charge is 0.467 e. The van der Waals surface area contributed by atoms with E-state index in [-0.39, 0.29) is 12.3 Å². The van der Waals surface area contributed by atoms with Gasteiger partial charge in [0.2, 0.25) is 5.91 Å². The molecule has 3 amide bonds. The van der Waals surface area contributed by atoms with Gasteiger partial charge < -0.3 is 14.3 Å². The van der Waals surface area contributed by atoms with E-state index in [0.29, 0.717) is 10.9 Å². The van der Waals surface area contributed by atoms with Crippen LogP contribution in [-0.4, -0.2) is 32.5 Å². The Morgan fingerprint density at radius 3 is 3.05 bits per heavy atom. The summed E-state index contributed by atoms with van der Waals surface area (Å²) in [7, 11) is 0. The summed E-state index contributed by atoms with van der Waals surface area (Å²) in [5, 5.41) is 13.1. The molecule has 0 aliphatic heterocycles. The molecule has 0 spiro atoms. The van der Waals surface area contributed by atoms with E-state index >= 15 is 0 Å². The maximum absolute atomic E-state index is 11.6. The highest BCUT2D eigenvalue weighted by Crippen LogP contribution is 2.13. The van der Waals surface area contributed by atoms with Crippen molar-refractivity contribution in [3.05, 3.63) is 30.5 Å². The summed E-state index contributed by atoms with van der Waals surface area (Å²) in [5.41, 5.74) is 0. The van der Waals surface area contributed by atoms with Gasteiger partial charge in [-0.05, 0) is 19.1 Å². The van der Waals surface area contributed by atoms with Crippen molar-refractivity contribution >= 4 is 23.7 Å². The Labute approximate surface area is 125 Å². The van der Waals surface area contributed by atoms with Crippen LogP contribution in [0.2, 0.25) is 0 Å². The highest BCUT2D eigenvalue weighted by Gasteiger charge is 2.11. The van der Waals surface area contributed by atoms with Gasteiger partial charge in [0, 0.05) is 6.54 Å². The molecule has 0 radical (unpaired) electrons. The van der Waals surface area contributed by atoms with Crippen molar-refractivity contribution in [1.29, 1.82) is 0 Å². The van der Waals surface area contributed by atoms with Crippen LogP contribution in [0.15, 0.2) is 34.3 Å². The third-order valence-corrected chi connectivity index (χ3v) is 3.49. The number of thioether (sulfide) groups is 1. The fourth-order valence-corrected chi connectivity index (χ4v) is 2.27. The van der Waals surface area contributed by atoms with Crippen LogP contribution in [0.1, 0.15) is 12.7 Å². The molecule has 2 N–H and O–H groups in total. The third kappa shape index (κ3) is 4.63. The molecule has 0 aromatic carbocycles. The molecule has 2 heterocycles. The normalized spacial score (nSPS) is 10.3. The van der Waals surface area contributed by atoms with Gasteiger partial charge in [-0.1, -0.05) is 11.8 Å².